The summed E-state index contributed by atoms with van der Waals surface area (Å²) in [7, 11) is 1.52. The first-order valence-corrected chi connectivity index (χ1v) is 16.1. The molecule has 6 rings (SSSR count). The van der Waals surface area contributed by atoms with Crippen molar-refractivity contribution >= 4 is 22.8 Å². The molecule has 1 N–H and O–H groups in total. The fourth-order valence-electron chi connectivity index (χ4n) is 8.52. The maximum atomic E-state index is 13.8. The topological polar surface area (TPSA) is 72.8 Å². The van der Waals surface area contributed by atoms with Gasteiger partial charge in [-0.2, -0.15) is 0 Å². The minimum absolute atomic E-state index is 0.103. The third-order valence-corrected chi connectivity index (χ3v) is 10.7. The van der Waals surface area contributed by atoms with Gasteiger partial charge in [0.05, 0.1) is 30.4 Å². The first kappa shape index (κ1) is 29.9. The van der Waals surface area contributed by atoms with Crippen molar-refractivity contribution in [1.29, 1.82) is 0 Å². The molecule has 0 radical (unpaired) electrons. The van der Waals surface area contributed by atoms with Crippen LogP contribution in [0.15, 0.2) is 36.4 Å². The summed E-state index contributed by atoms with van der Waals surface area (Å²) >= 11 is 0. The molecule has 3 aromatic rings. The van der Waals surface area contributed by atoms with Crippen molar-refractivity contribution < 1.29 is 19.1 Å². The maximum absolute atomic E-state index is 13.8. The van der Waals surface area contributed by atoms with Gasteiger partial charge in [0.15, 0.2) is 0 Å². The normalized spacial score (nSPS) is 25.2. The fourth-order valence-corrected chi connectivity index (χ4v) is 8.52. The number of aromatic nitrogens is 1. The van der Waals surface area contributed by atoms with Crippen LogP contribution >= 0.6 is 0 Å². The number of esters is 2. The Bertz CT molecular complexity index is 1550. The zero-order valence-corrected chi connectivity index (χ0v) is 26.7. The molecule has 2 heterocycles. The molecule has 43 heavy (non-hydrogen) atoms. The minimum atomic E-state index is -0.706. The number of piperazine rings is 1. The van der Waals surface area contributed by atoms with Crippen molar-refractivity contribution in [3.63, 3.8) is 0 Å². The van der Waals surface area contributed by atoms with Gasteiger partial charge < -0.3 is 19.4 Å². The molecule has 7 nitrogen and oxygen atoms in total. The number of carbonyl (C=O) groups is 2. The van der Waals surface area contributed by atoms with E-state index >= 15 is 0 Å². The highest BCUT2D eigenvalue weighted by atomic mass is 16.5. The van der Waals surface area contributed by atoms with Gasteiger partial charge in [-0.25, -0.2) is 4.79 Å². The summed E-state index contributed by atoms with van der Waals surface area (Å²) in [5.74, 6) is -0.180. The van der Waals surface area contributed by atoms with Crippen LogP contribution < -0.4 is 5.32 Å². The monoisotopic (exact) mass is 585 g/mol. The molecule has 1 aromatic heterocycles. The molecule has 2 aromatic carbocycles. The summed E-state index contributed by atoms with van der Waals surface area (Å²) in [5, 5.41) is 4.52. The zero-order valence-electron chi connectivity index (χ0n) is 26.7. The van der Waals surface area contributed by atoms with E-state index in [9.17, 15) is 9.59 Å². The number of nitrogens with one attached hydrogen (secondary N) is 1. The van der Waals surface area contributed by atoms with Gasteiger partial charge in [0.2, 0.25) is 0 Å². The number of methoxy groups -OCH3 is 1. The Hall–Kier alpha value is -3.16. The Morgan fingerprint density at radius 1 is 1.05 bits per heavy atom. The second-order valence-corrected chi connectivity index (χ2v) is 13.5. The number of ether oxygens (including phenoxy) is 2. The second kappa shape index (κ2) is 11.4. The lowest BCUT2D eigenvalue weighted by molar-refractivity contribution is -0.157. The summed E-state index contributed by atoms with van der Waals surface area (Å²) in [5.41, 5.74) is 6.97. The highest BCUT2D eigenvalue weighted by Gasteiger charge is 2.59. The largest absolute Gasteiger partial charge is 0.469 e. The second-order valence-electron chi connectivity index (χ2n) is 13.5. The van der Waals surface area contributed by atoms with E-state index in [4.69, 9.17) is 9.47 Å². The van der Waals surface area contributed by atoms with Crippen LogP contribution in [-0.4, -0.2) is 67.8 Å². The van der Waals surface area contributed by atoms with Crippen LogP contribution in [0.2, 0.25) is 0 Å². The summed E-state index contributed by atoms with van der Waals surface area (Å²) in [6.07, 6.45) is 2.71. The molecular weight excluding hydrogens is 538 g/mol. The predicted molar refractivity (Wildman–Crippen MR) is 171 cm³/mol. The smallest absolute Gasteiger partial charge is 0.338 e. The number of fused-ring (bicyclic) bond motifs is 8. The lowest BCUT2D eigenvalue weighted by Crippen LogP contribution is -2.50. The highest BCUT2D eigenvalue weighted by molar-refractivity contribution is 6.01. The summed E-state index contributed by atoms with van der Waals surface area (Å²) in [6.45, 7) is 17.0. The van der Waals surface area contributed by atoms with Gasteiger partial charge in [0.1, 0.15) is 0 Å². The van der Waals surface area contributed by atoms with Crippen LogP contribution in [-0.2, 0) is 26.2 Å². The first-order valence-electron chi connectivity index (χ1n) is 16.1. The Labute approximate surface area is 255 Å². The summed E-state index contributed by atoms with van der Waals surface area (Å²) < 4.78 is 13.5. The molecule has 1 saturated carbocycles. The van der Waals surface area contributed by atoms with E-state index in [1.54, 1.807) is 0 Å². The quantitative estimate of drug-likeness (QED) is 0.332. The Morgan fingerprint density at radius 3 is 2.51 bits per heavy atom. The Morgan fingerprint density at radius 2 is 1.81 bits per heavy atom. The lowest BCUT2D eigenvalue weighted by Gasteiger charge is -2.54. The standard InChI is InChI=1S/C36H47N3O4/c1-7-43-33(40)25-10-12-29-27(22-25)30-31(39(29)20-19-38-17-15-37-16-18-38)26-21-24(23(2)3)9-11-28(26)35(4)13-8-14-36(5,32(30)35)34(41)42-6/h9-12,21-23,32,37H,7-8,13-20H2,1-6H3/t32-,35-,36-/m1/s1. The van der Waals surface area contributed by atoms with E-state index in [1.807, 2.05) is 19.1 Å². The van der Waals surface area contributed by atoms with Crippen molar-refractivity contribution in [3.05, 3.63) is 58.7 Å². The van der Waals surface area contributed by atoms with Crippen LogP contribution in [0.25, 0.3) is 22.2 Å². The fraction of sp³-hybridized carbons (Fsp3) is 0.556. The molecule has 7 heteroatoms. The van der Waals surface area contributed by atoms with E-state index in [-0.39, 0.29) is 23.3 Å². The van der Waals surface area contributed by atoms with E-state index in [1.165, 1.54) is 35.1 Å². The van der Waals surface area contributed by atoms with E-state index in [0.717, 1.165) is 69.4 Å². The van der Waals surface area contributed by atoms with Gasteiger partial charge in [-0.15, -0.1) is 0 Å². The van der Waals surface area contributed by atoms with E-state index in [2.05, 4.69) is 66.7 Å². The van der Waals surface area contributed by atoms with Gasteiger partial charge >= 0.3 is 11.9 Å². The van der Waals surface area contributed by atoms with Crippen LogP contribution in [0.1, 0.15) is 92.8 Å². The molecule has 1 saturated heterocycles. The van der Waals surface area contributed by atoms with E-state index < -0.39 is 5.41 Å². The first-order chi connectivity index (χ1) is 20.6. The molecule has 1 aliphatic heterocycles. The number of nitrogens with zero attached hydrogens (tertiary/aromatic N) is 2. The molecule has 0 unspecified atom stereocenters. The molecule has 2 fully saturated rings. The minimum Gasteiger partial charge on any atom is -0.469 e. The Balaban J connectivity index is 1.67. The summed E-state index contributed by atoms with van der Waals surface area (Å²) in [4.78, 5) is 29.3. The average molecular weight is 586 g/mol. The van der Waals surface area contributed by atoms with E-state index in [0.29, 0.717) is 18.1 Å². The van der Waals surface area contributed by atoms with Gasteiger partial charge in [0, 0.05) is 67.1 Å². The van der Waals surface area contributed by atoms with Crippen molar-refractivity contribution in [1.82, 2.24) is 14.8 Å². The zero-order chi connectivity index (χ0) is 30.5. The van der Waals surface area contributed by atoms with Crippen molar-refractivity contribution in [3.8, 4) is 11.3 Å². The van der Waals surface area contributed by atoms with Gasteiger partial charge in [-0.3, -0.25) is 9.69 Å². The molecular formula is C36H47N3O4. The van der Waals surface area contributed by atoms with Gasteiger partial charge in [0.25, 0.3) is 0 Å². The number of benzene rings is 2. The SMILES string of the molecule is CCOC(=O)c1ccc2c(c1)c1c(n2CCN2CCNCC2)-c2cc(C(C)C)ccc2[C@@]2(C)CCC[C@@](C)(C(=O)OC)[C@H]12. The maximum Gasteiger partial charge on any atom is 0.338 e. The number of hydrogen-bond acceptors (Lipinski definition) is 6. The third-order valence-electron chi connectivity index (χ3n) is 10.7. The van der Waals surface area contributed by atoms with Crippen molar-refractivity contribution in [2.45, 2.75) is 77.7 Å². The van der Waals surface area contributed by atoms with Crippen LogP contribution in [0.4, 0.5) is 0 Å². The number of carbonyl (C=O) groups excluding carboxylic acids is 2. The number of rotatable bonds is 7. The predicted octanol–water partition coefficient (Wildman–Crippen LogP) is 6.23. The highest BCUT2D eigenvalue weighted by Crippen LogP contribution is 2.65. The Kier molecular flexibility index (Phi) is 7.93. The average Bonchev–Trinajstić information content (AvgIpc) is 3.33. The molecule has 3 atom stereocenters. The molecule has 0 spiro atoms. The third kappa shape index (κ3) is 4.80. The van der Waals surface area contributed by atoms with Crippen LogP contribution in [0, 0.1) is 5.41 Å². The molecule has 0 amide bonds. The molecule has 3 aliphatic rings. The lowest BCUT2D eigenvalue weighted by atomic mass is 9.49. The molecule has 230 valence electrons. The molecule has 0 bridgehead atoms. The van der Waals surface area contributed by atoms with Gasteiger partial charge in [-0.1, -0.05) is 39.3 Å². The van der Waals surface area contributed by atoms with Gasteiger partial charge in [-0.05, 0) is 73.6 Å². The van der Waals surface area contributed by atoms with Crippen molar-refractivity contribution in [2.24, 2.45) is 5.41 Å². The molecule has 2 aliphatic carbocycles. The number of hydrogen-bond donors (Lipinski definition) is 1. The van der Waals surface area contributed by atoms with Crippen LogP contribution in [0.3, 0.4) is 0 Å². The van der Waals surface area contributed by atoms with Crippen molar-refractivity contribution in [2.75, 3.05) is 46.4 Å². The van der Waals surface area contributed by atoms with Crippen LogP contribution in [0.5, 0.6) is 0 Å². The summed E-state index contributed by atoms with van der Waals surface area (Å²) in [6, 6.07) is 13.0.